The van der Waals surface area contributed by atoms with Gasteiger partial charge in [-0.3, -0.25) is 0 Å². The Morgan fingerprint density at radius 1 is 1.29 bits per heavy atom. The predicted octanol–water partition coefficient (Wildman–Crippen LogP) is 3.09. The molecule has 0 amide bonds. The van der Waals surface area contributed by atoms with E-state index in [4.69, 9.17) is 10.5 Å². The zero-order chi connectivity index (χ0) is 12.9. The second-order valence-corrected chi connectivity index (χ2v) is 4.12. The van der Waals surface area contributed by atoms with Crippen LogP contribution in [0.4, 0.5) is 8.78 Å². The third-order valence-electron chi connectivity index (χ3n) is 2.71. The minimum atomic E-state index is -2.84. The van der Waals surface area contributed by atoms with Crippen LogP contribution in [0.1, 0.15) is 30.9 Å². The van der Waals surface area contributed by atoms with Gasteiger partial charge in [0.2, 0.25) is 0 Å². The lowest BCUT2D eigenvalue weighted by Crippen LogP contribution is -2.12. The molecular formula is C13H19F2NO. The molecule has 0 aliphatic heterocycles. The summed E-state index contributed by atoms with van der Waals surface area (Å²) in [5.41, 5.74) is 6.05. The van der Waals surface area contributed by atoms with Crippen molar-refractivity contribution in [2.75, 3.05) is 13.7 Å². The summed E-state index contributed by atoms with van der Waals surface area (Å²) in [7, 11) is 1.50. The second-order valence-electron chi connectivity index (χ2n) is 4.12. The molecule has 0 bridgehead atoms. The molecule has 1 aromatic rings. The van der Waals surface area contributed by atoms with Crippen LogP contribution >= 0.6 is 0 Å². The summed E-state index contributed by atoms with van der Waals surface area (Å²) in [4.78, 5) is 0. The highest BCUT2D eigenvalue weighted by atomic mass is 19.3. The summed E-state index contributed by atoms with van der Waals surface area (Å²) >= 11 is 0. The standard InChI is InChI=1S/C13H19F2NO/c1-13(14,15)11-7-5-8-12(17-2)10(11)6-3-4-9-16/h5,7-8H,3-4,6,9,16H2,1-2H3. The molecule has 0 aliphatic rings. The van der Waals surface area contributed by atoms with E-state index in [1.807, 2.05) is 0 Å². The van der Waals surface area contributed by atoms with E-state index in [1.54, 1.807) is 12.1 Å². The Morgan fingerprint density at radius 2 is 2.00 bits per heavy atom. The lowest BCUT2D eigenvalue weighted by molar-refractivity contribution is 0.0162. The van der Waals surface area contributed by atoms with Crippen LogP contribution < -0.4 is 10.5 Å². The normalized spacial score (nSPS) is 11.6. The number of benzene rings is 1. The van der Waals surface area contributed by atoms with Crippen molar-refractivity contribution in [1.29, 1.82) is 0 Å². The van der Waals surface area contributed by atoms with E-state index >= 15 is 0 Å². The van der Waals surface area contributed by atoms with Crippen LogP contribution in [0.25, 0.3) is 0 Å². The van der Waals surface area contributed by atoms with Crippen LogP contribution in [-0.4, -0.2) is 13.7 Å². The summed E-state index contributed by atoms with van der Waals surface area (Å²) in [6, 6.07) is 4.77. The Balaban J connectivity index is 3.03. The molecule has 0 aromatic heterocycles. The molecule has 0 atom stereocenters. The Labute approximate surface area is 101 Å². The Kier molecular flexibility index (Phi) is 4.87. The first-order valence-corrected chi connectivity index (χ1v) is 5.75. The monoisotopic (exact) mass is 243 g/mol. The molecule has 0 radical (unpaired) electrons. The Hall–Kier alpha value is -1.16. The number of nitrogens with two attached hydrogens (primary N) is 1. The van der Waals surface area contributed by atoms with Crippen LogP contribution in [0.2, 0.25) is 0 Å². The predicted molar refractivity (Wildman–Crippen MR) is 64.6 cm³/mol. The highest BCUT2D eigenvalue weighted by molar-refractivity contribution is 5.42. The van der Waals surface area contributed by atoms with E-state index in [0.29, 0.717) is 24.3 Å². The molecule has 0 saturated heterocycles. The average Bonchev–Trinajstić information content (AvgIpc) is 2.28. The van der Waals surface area contributed by atoms with Crippen molar-refractivity contribution < 1.29 is 13.5 Å². The summed E-state index contributed by atoms with van der Waals surface area (Å²) < 4.78 is 32.1. The third kappa shape index (κ3) is 3.66. The van der Waals surface area contributed by atoms with Gasteiger partial charge >= 0.3 is 0 Å². The molecule has 0 unspecified atom stereocenters. The summed E-state index contributed by atoms with van der Waals surface area (Å²) in [5, 5.41) is 0. The fourth-order valence-corrected chi connectivity index (χ4v) is 1.87. The first kappa shape index (κ1) is 13.9. The number of unbranched alkanes of at least 4 members (excludes halogenated alkanes) is 1. The maximum absolute atomic E-state index is 13.5. The van der Waals surface area contributed by atoms with Gasteiger partial charge in [-0.2, -0.15) is 0 Å². The average molecular weight is 243 g/mol. The highest BCUT2D eigenvalue weighted by Gasteiger charge is 2.28. The van der Waals surface area contributed by atoms with E-state index in [9.17, 15) is 8.78 Å². The van der Waals surface area contributed by atoms with E-state index in [-0.39, 0.29) is 5.56 Å². The summed E-state index contributed by atoms with van der Waals surface area (Å²) in [6.07, 6.45) is 2.19. The number of rotatable bonds is 6. The van der Waals surface area contributed by atoms with Crippen LogP contribution in [0.5, 0.6) is 5.75 Å². The minimum absolute atomic E-state index is 0.0499. The first-order valence-electron chi connectivity index (χ1n) is 5.75. The molecule has 4 heteroatoms. The molecular weight excluding hydrogens is 224 g/mol. The fourth-order valence-electron chi connectivity index (χ4n) is 1.87. The second kappa shape index (κ2) is 5.96. The quantitative estimate of drug-likeness (QED) is 0.779. The van der Waals surface area contributed by atoms with Gasteiger partial charge in [-0.25, -0.2) is 8.78 Å². The van der Waals surface area contributed by atoms with E-state index < -0.39 is 5.92 Å². The molecule has 2 nitrogen and oxygen atoms in total. The Bertz CT molecular complexity index is 361. The molecule has 2 N–H and O–H groups in total. The van der Waals surface area contributed by atoms with Gasteiger partial charge < -0.3 is 10.5 Å². The summed E-state index contributed by atoms with van der Waals surface area (Å²) in [5.74, 6) is -2.31. The largest absolute Gasteiger partial charge is 0.496 e. The van der Waals surface area contributed by atoms with E-state index in [0.717, 1.165) is 19.8 Å². The smallest absolute Gasteiger partial charge is 0.270 e. The van der Waals surface area contributed by atoms with Crippen molar-refractivity contribution in [3.8, 4) is 5.75 Å². The van der Waals surface area contributed by atoms with Crippen molar-refractivity contribution in [2.24, 2.45) is 5.73 Å². The topological polar surface area (TPSA) is 35.2 Å². The highest BCUT2D eigenvalue weighted by Crippen LogP contribution is 2.35. The molecule has 0 heterocycles. The van der Waals surface area contributed by atoms with Crippen molar-refractivity contribution >= 4 is 0 Å². The van der Waals surface area contributed by atoms with Gasteiger partial charge in [0.15, 0.2) is 0 Å². The first-order chi connectivity index (χ1) is 8.00. The van der Waals surface area contributed by atoms with Gasteiger partial charge in [-0.05, 0) is 31.9 Å². The van der Waals surface area contributed by atoms with Gasteiger partial charge in [0.25, 0.3) is 5.92 Å². The molecule has 1 aromatic carbocycles. The lowest BCUT2D eigenvalue weighted by Gasteiger charge is -2.18. The van der Waals surface area contributed by atoms with E-state index in [1.165, 1.54) is 13.2 Å². The molecule has 0 spiro atoms. The fraction of sp³-hybridized carbons (Fsp3) is 0.538. The van der Waals surface area contributed by atoms with Crippen LogP contribution in [-0.2, 0) is 12.3 Å². The number of alkyl halides is 2. The zero-order valence-electron chi connectivity index (χ0n) is 10.3. The number of halogens is 2. The van der Waals surface area contributed by atoms with Gasteiger partial charge in [0.1, 0.15) is 5.75 Å². The number of methoxy groups -OCH3 is 1. The molecule has 0 aliphatic carbocycles. The molecule has 0 saturated carbocycles. The Morgan fingerprint density at radius 3 is 2.53 bits per heavy atom. The zero-order valence-corrected chi connectivity index (χ0v) is 10.3. The van der Waals surface area contributed by atoms with Gasteiger partial charge in [-0.15, -0.1) is 0 Å². The molecule has 0 fully saturated rings. The van der Waals surface area contributed by atoms with Crippen molar-refractivity contribution in [3.05, 3.63) is 29.3 Å². The SMILES string of the molecule is COc1cccc(C(C)(F)F)c1CCCCN. The molecule has 17 heavy (non-hydrogen) atoms. The molecule has 96 valence electrons. The molecule has 1 rings (SSSR count). The van der Waals surface area contributed by atoms with Crippen molar-refractivity contribution in [3.63, 3.8) is 0 Å². The maximum atomic E-state index is 13.5. The van der Waals surface area contributed by atoms with E-state index in [2.05, 4.69) is 0 Å². The lowest BCUT2D eigenvalue weighted by atomic mass is 9.97. The maximum Gasteiger partial charge on any atom is 0.270 e. The van der Waals surface area contributed by atoms with Crippen molar-refractivity contribution in [1.82, 2.24) is 0 Å². The van der Waals surface area contributed by atoms with Gasteiger partial charge in [-0.1, -0.05) is 12.1 Å². The number of hydrogen-bond acceptors (Lipinski definition) is 2. The van der Waals surface area contributed by atoms with Crippen molar-refractivity contribution in [2.45, 2.75) is 32.1 Å². The summed E-state index contributed by atoms with van der Waals surface area (Å²) in [6.45, 7) is 1.49. The van der Waals surface area contributed by atoms with Gasteiger partial charge in [0.05, 0.1) is 7.11 Å². The van der Waals surface area contributed by atoms with Crippen LogP contribution in [0.3, 0.4) is 0 Å². The number of hydrogen-bond donors (Lipinski definition) is 1. The van der Waals surface area contributed by atoms with Crippen LogP contribution in [0, 0.1) is 0 Å². The minimum Gasteiger partial charge on any atom is -0.496 e. The van der Waals surface area contributed by atoms with Crippen LogP contribution in [0.15, 0.2) is 18.2 Å². The number of ether oxygens (including phenoxy) is 1. The third-order valence-corrected chi connectivity index (χ3v) is 2.71. The van der Waals surface area contributed by atoms with Gasteiger partial charge in [0, 0.05) is 18.1 Å².